The highest BCUT2D eigenvalue weighted by atomic mass is 35.5. The zero-order valence-electron chi connectivity index (χ0n) is 9.43. The minimum Gasteiger partial charge on any atom is -0.368 e. The van der Waals surface area contributed by atoms with Gasteiger partial charge in [0.05, 0.1) is 0 Å². The summed E-state index contributed by atoms with van der Waals surface area (Å²) in [5.41, 5.74) is 9.18. The number of nitrogens with two attached hydrogens (primary N) is 2. The van der Waals surface area contributed by atoms with Crippen LogP contribution in [0.2, 0.25) is 5.02 Å². The monoisotopic (exact) mass is 281 g/mol. The minimum atomic E-state index is 0.198. The normalized spacial score (nSPS) is 10.3. The standard InChI is InChI=1S/C11H12ClN5S/c12-8-3-1-7(2-4-8)6-18-10-5-9(17-14)15-11(13)16-10/h1-5H,6,14H2,(H3,13,15,16,17). The smallest absolute Gasteiger partial charge is 0.223 e. The molecule has 0 aliphatic carbocycles. The molecule has 0 radical (unpaired) electrons. The van der Waals surface area contributed by atoms with Gasteiger partial charge in [0.2, 0.25) is 5.95 Å². The Labute approximate surface area is 114 Å². The molecule has 0 saturated carbocycles. The predicted molar refractivity (Wildman–Crippen MR) is 75.3 cm³/mol. The number of aromatic nitrogens is 2. The topological polar surface area (TPSA) is 89.8 Å². The summed E-state index contributed by atoms with van der Waals surface area (Å²) >= 11 is 7.38. The second-order valence-corrected chi connectivity index (χ2v) is 4.94. The molecule has 94 valence electrons. The summed E-state index contributed by atoms with van der Waals surface area (Å²) in [6.07, 6.45) is 0. The van der Waals surface area contributed by atoms with Gasteiger partial charge in [-0.2, -0.15) is 4.98 Å². The summed E-state index contributed by atoms with van der Waals surface area (Å²) in [6.45, 7) is 0. The summed E-state index contributed by atoms with van der Waals surface area (Å²) in [4.78, 5) is 8.04. The molecule has 0 fully saturated rings. The number of benzene rings is 1. The Bertz CT molecular complexity index is 531. The zero-order chi connectivity index (χ0) is 13.0. The number of thioether (sulfide) groups is 1. The fraction of sp³-hybridized carbons (Fsp3) is 0.0909. The Morgan fingerprint density at radius 1 is 1.22 bits per heavy atom. The van der Waals surface area contributed by atoms with Gasteiger partial charge >= 0.3 is 0 Å². The van der Waals surface area contributed by atoms with Crippen molar-refractivity contribution >= 4 is 35.1 Å². The molecule has 1 aromatic carbocycles. The molecule has 0 saturated heterocycles. The Morgan fingerprint density at radius 3 is 2.61 bits per heavy atom. The van der Waals surface area contributed by atoms with Crippen LogP contribution in [0.3, 0.4) is 0 Å². The van der Waals surface area contributed by atoms with Gasteiger partial charge in [0.1, 0.15) is 10.8 Å². The van der Waals surface area contributed by atoms with E-state index in [0.29, 0.717) is 5.82 Å². The van der Waals surface area contributed by atoms with Crippen LogP contribution in [0.5, 0.6) is 0 Å². The van der Waals surface area contributed by atoms with E-state index < -0.39 is 0 Å². The van der Waals surface area contributed by atoms with Crippen molar-refractivity contribution in [3.63, 3.8) is 0 Å². The second kappa shape index (κ2) is 5.90. The number of hydrogen-bond donors (Lipinski definition) is 3. The number of hydrazine groups is 1. The Morgan fingerprint density at radius 2 is 1.94 bits per heavy atom. The van der Waals surface area contributed by atoms with Crippen LogP contribution in [0.1, 0.15) is 5.56 Å². The fourth-order valence-electron chi connectivity index (χ4n) is 1.33. The average molecular weight is 282 g/mol. The first-order valence-corrected chi connectivity index (χ1v) is 6.52. The van der Waals surface area contributed by atoms with Crippen LogP contribution in [-0.4, -0.2) is 9.97 Å². The molecule has 1 heterocycles. The molecular formula is C11H12ClN5S. The molecule has 5 nitrogen and oxygen atoms in total. The van der Waals surface area contributed by atoms with Gasteiger partial charge in [-0.3, -0.25) is 0 Å². The lowest BCUT2D eigenvalue weighted by Gasteiger charge is -2.05. The van der Waals surface area contributed by atoms with Gasteiger partial charge in [0.25, 0.3) is 0 Å². The molecule has 0 bridgehead atoms. The number of nitrogen functional groups attached to an aromatic ring is 2. The van der Waals surface area contributed by atoms with Crippen LogP contribution < -0.4 is 17.0 Å². The summed E-state index contributed by atoms with van der Waals surface area (Å²) in [7, 11) is 0. The van der Waals surface area contributed by atoms with E-state index in [1.54, 1.807) is 17.8 Å². The van der Waals surface area contributed by atoms with Crippen molar-refractivity contribution in [2.24, 2.45) is 5.84 Å². The summed E-state index contributed by atoms with van der Waals surface area (Å²) in [5.74, 6) is 6.77. The third-order valence-corrected chi connectivity index (χ3v) is 3.40. The van der Waals surface area contributed by atoms with E-state index in [4.69, 9.17) is 23.2 Å². The number of halogens is 1. The summed E-state index contributed by atoms with van der Waals surface area (Å²) in [6, 6.07) is 9.41. The van der Waals surface area contributed by atoms with E-state index in [1.165, 1.54) is 0 Å². The molecule has 0 atom stereocenters. The van der Waals surface area contributed by atoms with E-state index >= 15 is 0 Å². The first kappa shape index (κ1) is 12.9. The number of anilines is 2. The first-order chi connectivity index (χ1) is 8.67. The molecule has 2 aromatic rings. The van der Waals surface area contributed by atoms with Crippen LogP contribution in [0.25, 0.3) is 0 Å². The van der Waals surface area contributed by atoms with Crippen molar-refractivity contribution in [3.05, 3.63) is 40.9 Å². The molecule has 18 heavy (non-hydrogen) atoms. The SMILES string of the molecule is NNc1cc(SCc2ccc(Cl)cc2)nc(N)n1. The lowest BCUT2D eigenvalue weighted by Crippen LogP contribution is -2.10. The Kier molecular flexibility index (Phi) is 4.24. The molecule has 2 rings (SSSR count). The van der Waals surface area contributed by atoms with Crippen LogP contribution in [-0.2, 0) is 5.75 Å². The molecule has 0 aliphatic heterocycles. The highest BCUT2D eigenvalue weighted by molar-refractivity contribution is 7.98. The molecule has 5 N–H and O–H groups in total. The maximum atomic E-state index is 5.82. The minimum absolute atomic E-state index is 0.198. The Balaban J connectivity index is 2.05. The van der Waals surface area contributed by atoms with Crippen LogP contribution in [0, 0.1) is 0 Å². The molecule has 0 amide bonds. The number of hydrogen-bond acceptors (Lipinski definition) is 6. The number of nitrogens with one attached hydrogen (secondary N) is 1. The number of rotatable bonds is 4. The highest BCUT2D eigenvalue weighted by Crippen LogP contribution is 2.23. The Hall–Kier alpha value is -1.50. The fourth-order valence-corrected chi connectivity index (χ4v) is 2.31. The molecule has 0 spiro atoms. The van der Waals surface area contributed by atoms with E-state index in [9.17, 15) is 0 Å². The first-order valence-electron chi connectivity index (χ1n) is 5.16. The van der Waals surface area contributed by atoms with Crippen molar-refractivity contribution in [1.82, 2.24) is 9.97 Å². The van der Waals surface area contributed by atoms with Crippen molar-refractivity contribution in [1.29, 1.82) is 0 Å². The van der Waals surface area contributed by atoms with Gasteiger partial charge in [-0.05, 0) is 17.7 Å². The van der Waals surface area contributed by atoms with Gasteiger partial charge in [-0.15, -0.1) is 11.8 Å². The highest BCUT2D eigenvalue weighted by Gasteiger charge is 2.03. The van der Waals surface area contributed by atoms with E-state index in [2.05, 4.69) is 15.4 Å². The van der Waals surface area contributed by atoms with E-state index in [-0.39, 0.29) is 5.95 Å². The third kappa shape index (κ3) is 3.49. The van der Waals surface area contributed by atoms with Gasteiger partial charge in [0, 0.05) is 16.8 Å². The zero-order valence-corrected chi connectivity index (χ0v) is 11.0. The number of nitrogens with zero attached hydrogens (tertiary/aromatic N) is 2. The largest absolute Gasteiger partial charge is 0.368 e. The maximum Gasteiger partial charge on any atom is 0.223 e. The van der Waals surface area contributed by atoms with Gasteiger partial charge in [0.15, 0.2) is 0 Å². The molecular weight excluding hydrogens is 270 g/mol. The van der Waals surface area contributed by atoms with Gasteiger partial charge in [-0.25, -0.2) is 10.8 Å². The van der Waals surface area contributed by atoms with Crippen molar-refractivity contribution in [2.75, 3.05) is 11.2 Å². The van der Waals surface area contributed by atoms with E-state index in [1.807, 2.05) is 24.3 Å². The summed E-state index contributed by atoms with van der Waals surface area (Å²) in [5, 5.41) is 1.50. The lowest BCUT2D eigenvalue weighted by molar-refractivity contribution is 1.05. The van der Waals surface area contributed by atoms with Crippen molar-refractivity contribution in [3.8, 4) is 0 Å². The predicted octanol–water partition coefficient (Wildman–Crippen LogP) is 2.29. The van der Waals surface area contributed by atoms with Crippen molar-refractivity contribution < 1.29 is 0 Å². The lowest BCUT2D eigenvalue weighted by atomic mass is 10.2. The summed E-state index contributed by atoms with van der Waals surface area (Å²) < 4.78 is 0. The van der Waals surface area contributed by atoms with Crippen LogP contribution in [0.15, 0.2) is 35.4 Å². The average Bonchev–Trinajstić information content (AvgIpc) is 2.37. The third-order valence-electron chi connectivity index (χ3n) is 2.17. The second-order valence-electron chi connectivity index (χ2n) is 3.51. The molecule has 0 aliphatic rings. The van der Waals surface area contributed by atoms with E-state index in [0.717, 1.165) is 21.4 Å². The quantitative estimate of drug-likeness (QED) is 0.345. The molecule has 7 heteroatoms. The maximum absolute atomic E-state index is 5.82. The molecule has 1 aromatic heterocycles. The van der Waals surface area contributed by atoms with Crippen LogP contribution >= 0.6 is 23.4 Å². The van der Waals surface area contributed by atoms with Gasteiger partial charge < -0.3 is 11.2 Å². The van der Waals surface area contributed by atoms with Gasteiger partial charge in [-0.1, -0.05) is 23.7 Å². The molecule has 0 unspecified atom stereocenters. The van der Waals surface area contributed by atoms with Crippen LogP contribution in [0.4, 0.5) is 11.8 Å². The van der Waals surface area contributed by atoms with Crippen molar-refractivity contribution in [2.45, 2.75) is 10.8 Å².